The van der Waals surface area contributed by atoms with Crippen molar-refractivity contribution in [2.75, 3.05) is 34.8 Å². The number of pyridine rings is 2. The summed E-state index contributed by atoms with van der Waals surface area (Å²) in [5.74, 6) is 1.45. The molecule has 2 aliphatic rings. The van der Waals surface area contributed by atoms with Crippen molar-refractivity contribution < 1.29 is 4.79 Å². The predicted molar refractivity (Wildman–Crippen MR) is 121 cm³/mol. The summed E-state index contributed by atoms with van der Waals surface area (Å²) in [6.45, 7) is 10.7. The lowest BCUT2D eigenvalue weighted by atomic mass is 10.1. The Balaban J connectivity index is 1.40. The molecule has 1 fully saturated rings. The molecule has 0 saturated carbocycles. The van der Waals surface area contributed by atoms with E-state index in [1.54, 1.807) is 9.42 Å². The van der Waals surface area contributed by atoms with Gasteiger partial charge in [-0.25, -0.2) is 19.3 Å². The SMILES string of the molecule is Cc1nc2cc(C)c(NC(=O)N3CCc4c(N5C[C@@H](C)N[C@@H](C)C5)ccnc43)cn2n1. The molecule has 0 aromatic carbocycles. The van der Waals surface area contributed by atoms with E-state index in [2.05, 4.69) is 50.5 Å². The lowest BCUT2D eigenvalue weighted by Crippen LogP contribution is -2.54. The van der Waals surface area contributed by atoms with Gasteiger partial charge in [0.1, 0.15) is 11.6 Å². The predicted octanol–water partition coefficient (Wildman–Crippen LogP) is 2.52. The van der Waals surface area contributed by atoms with Gasteiger partial charge in [0.15, 0.2) is 5.65 Å². The number of urea groups is 1. The number of rotatable bonds is 2. The quantitative estimate of drug-likeness (QED) is 0.662. The zero-order valence-electron chi connectivity index (χ0n) is 18.4. The molecule has 162 valence electrons. The zero-order chi connectivity index (χ0) is 21.7. The van der Waals surface area contributed by atoms with Crippen LogP contribution in [0.1, 0.15) is 30.8 Å². The van der Waals surface area contributed by atoms with Gasteiger partial charge in [0.25, 0.3) is 0 Å². The molecule has 0 aliphatic carbocycles. The van der Waals surface area contributed by atoms with Crippen molar-refractivity contribution >= 4 is 28.9 Å². The summed E-state index contributed by atoms with van der Waals surface area (Å²) >= 11 is 0. The van der Waals surface area contributed by atoms with E-state index in [0.717, 1.165) is 47.8 Å². The fourth-order valence-electron chi connectivity index (χ4n) is 4.74. The van der Waals surface area contributed by atoms with E-state index in [4.69, 9.17) is 0 Å². The van der Waals surface area contributed by atoms with Crippen LogP contribution < -0.4 is 20.4 Å². The highest BCUT2D eigenvalue weighted by molar-refractivity contribution is 6.03. The highest BCUT2D eigenvalue weighted by atomic mass is 16.2. The molecule has 0 unspecified atom stereocenters. The monoisotopic (exact) mass is 420 g/mol. The molecular weight excluding hydrogens is 392 g/mol. The fourth-order valence-corrected chi connectivity index (χ4v) is 4.74. The molecular formula is C22H28N8O. The number of nitrogens with zero attached hydrogens (tertiary/aromatic N) is 6. The van der Waals surface area contributed by atoms with Crippen LogP contribution in [0.3, 0.4) is 0 Å². The van der Waals surface area contributed by atoms with Crippen LogP contribution >= 0.6 is 0 Å². The summed E-state index contributed by atoms with van der Waals surface area (Å²) in [6, 6.07) is 4.68. The van der Waals surface area contributed by atoms with Crippen LogP contribution in [-0.2, 0) is 6.42 Å². The summed E-state index contributed by atoms with van der Waals surface area (Å²) in [4.78, 5) is 26.3. The molecule has 0 bridgehead atoms. The van der Waals surface area contributed by atoms with Gasteiger partial charge in [-0.05, 0) is 51.8 Å². The molecule has 2 aliphatic heterocycles. The number of aromatic nitrogens is 4. The number of aryl methyl sites for hydroxylation is 2. The van der Waals surface area contributed by atoms with Crippen molar-refractivity contribution in [1.29, 1.82) is 0 Å². The lowest BCUT2D eigenvalue weighted by molar-refractivity contribution is 0.257. The van der Waals surface area contributed by atoms with Crippen LogP contribution in [0.2, 0.25) is 0 Å². The van der Waals surface area contributed by atoms with Crippen molar-refractivity contribution in [3.05, 3.63) is 41.5 Å². The first kappa shape index (κ1) is 19.7. The van der Waals surface area contributed by atoms with E-state index in [-0.39, 0.29) is 6.03 Å². The minimum absolute atomic E-state index is 0.176. The normalized spacial score (nSPS) is 20.9. The van der Waals surface area contributed by atoms with Gasteiger partial charge in [-0.15, -0.1) is 0 Å². The molecule has 0 radical (unpaired) electrons. The second-order valence-corrected chi connectivity index (χ2v) is 8.67. The Morgan fingerprint density at radius 2 is 2.00 bits per heavy atom. The van der Waals surface area contributed by atoms with Gasteiger partial charge >= 0.3 is 6.03 Å². The summed E-state index contributed by atoms with van der Waals surface area (Å²) in [6.07, 6.45) is 4.43. The van der Waals surface area contributed by atoms with Crippen molar-refractivity contribution in [2.24, 2.45) is 0 Å². The molecule has 2 N–H and O–H groups in total. The van der Waals surface area contributed by atoms with E-state index in [0.29, 0.717) is 24.5 Å². The molecule has 9 nitrogen and oxygen atoms in total. The lowest BCUT2D eigenvalue weighted by Gasteiger charge is -2.38. The molecule has 31 heavy (non-hydrogen) atoms. The third-order valence-corrected chi connectivity index (χ3v) is 6.02. The highest BCUT2D eigenvalue weighted by Crippen LogP contribution is 2.35. The standard InChI is InChI=1S/C22H28N8O/c1-13-9-20-25-16(4)27-30(20)12-18(13)26-22(31)29-8-6-17-19(5-7-23-21(17)29)28-10-14(2)24-15(3)11-28/h5,7,9,12,14-15,24H,6,8,10-11H2,1-4H3,(H,26,31)/t14-,15+. The summed E-state index contributed by atoms with van der Waals surface area (Å²) in [5.41, 5.74) is 4.77. The Labute approximate surface area is 181 Å². The van der Waals surface area contributed by atoms with Crippen molar-refractivity contribution in [1.82, 2.24) is 24.9 Å². The highest BCUT2D eigenvalue weighted by Gasteiger charge is 2.31. The van der Waals surface area contributed by atoms with Gasteiger partial charge in [0, 0.05) is 49.2 Å². The Hall–Kier alpha value is -3.20. The molecule has 5 heterocycles. The minimum atomic E-state index is -0.176. The average Bonchev–Trinajstić information content (AvgIpc) is 3.29. The molecule has 1 saturated heterocycles. The molecule has 0 spiro atoms. The minimum Gasteiger partial charge on any atom is -0.368 e. The number of amides is 2. The summed E-state index contributed by atoms with van der Waals surface area (Å²) < 4.78 is 1.69. The van der Waals surface area contributed by atoms with Gasteiger partial charge in [-0.1, -0.05) is 0 Å². The third kappa shape index (κ3) is 3.59. The van der Waals surface area contributed by atoms with Crippen LogP contribution in [0.5, 0.6) is 0 Å². The van der Waals surface area contributed by atoms with Gasteiger partial charge in [0.05, 0.1) is 11.9 Å². The smallest absolute Gasteiger partial charge is 0.327 e. The van der Waals surface area contributed by atoms with Crippen LogP contribution in [0.15, 0.2) is 24.5 Å². The summed E-state index contributed by atoms with van der Waals surface area (Å²) in [7, 11) is 0. The van der Waals surface area contributed by atoms with E-state index < -0.39 is 0 Å². The Bertz CT molecular complexity index is 1150. The Morgan fingerprint density at radius 3 is 2.77 bits per heavy atom. The first-order valence-corrected chi connectivity index (χ1v) is 10.8. The topological polar surface area (TPSA) is 90.7 Å². The van der Waals surface area contributed by atoms with Gasteiger partial charge in [-0.3, -0.25) is 4.90 Å². The number of fused-ring (bicyclic) bond motifs is 2. The molecule has 9 heteroatoms. The molecule has 2 amide bonds. The zero-order valence-corrected chi connectivity index (χ0v) is 18.4. The van der Waals surface area contributed by atoms with Crippen molar-refractivity contribution in [3.63, 3.8) is 0 Å². The number of hydrogen-bond acceptors (Lipinski definition) is 6. The van der Waals surface area contributed by atoms with E-state index >= 15 is 0 Å². The largest absolute Gasteiger partial charge is 0.368 e. The van der Waals surface area contributed by atoms with Crippen LogP contribution in [0.25, 0.3) is 5.65 Å². The summed E-state index contributed by atoms with van der Waals surface area (Å²) in [5, 5.41) is 11.0. The number of carbonyl (C=O) groups excluding carboxylic acids is 1. The van der Waals surface area contributed by atoms with Crippen molar-refractivity contribution in [3.8, 4) is 0 Å². The fraction of sp³-hybridized carbons (Fsp3) is 0.455. The van der Waals surface area contributed by atoms with E-state index in [9.17, 15) is 4.79 Å². The maximum absolute atomic E-state index is 13.2. The third-order valence-electron chi connectivity index (χ3n) is 6.02. The maximum Gasteiger partial charge on any atom is 0.327 e. The van der Waals surface area contributed by atoms with Gasteiger partial charge in [-0.2, -0.15) is 5.10 Å². The van der Waals surface area contributed by atoms with E-state index in [1.807, 2.05) is 32.3 Å². The number of nitrogens with one attached hydrogen (secondary N) is 2. The molecule has 2 atom stereocenters. The second kappa shape index (κ2) is 7.49. The van der Waals surface area contributed by atoms with Crippen molar-refractivity contribution in [2.45, 2.75) is 46.2 Å². The first-order chi connectivity index (χ1) is 14.9. The average molecular weight is 421 g/mol. The number of hydrogen-bond donors (Lipinski definition) is 2. The van der Waals surface area contributed by atoms with Gasteiger partial charge < -0.3 is 15.5 Å². The maximum atomic E-state index is 13.2. The first-order valence-electron chi connectivity index (χ1n) is 10.8. The van der Waals surface area contributed by atoms with Crippen LogP contribution in [-0.4, -0.2) is 57.3 Å². The van der Waals surface area contributed by atoms with Crippen LogP contribution in [0, 0.1) is 13.8 Å². The van der Waals surface area contributed by atoms with Gasteiger partial charge in [0.2, 0.25) is 0 Å². The number of carbonyl (C=O) groups is 1. The molecule has 3 aromatic heterocycles. The number of piperazine rings is 1. The molecule has 3 aromatic rings. The molecule has 5 rings (SSSR count). The Morgan fingerprint density at radius 1 is 1.23 bits per heavy atom. The number of anilines is 3. The van der Waals surface area contributed by atoms with E-state index in [1.165, 1.54) is 5.69 Å². The van der Waals surface area contributed by atoms with Crippen LogP contribution in [0.4, 0.5) is 22.0 Å². The second-order valence-electron chi connectivity index (χ2n) is 8.67. The Kier molecular flexibility index (Phi) is 4.77.